The third kappa shape index (κ3) is 3.22. The van der Waals surface area contributed by atoms with Crippen LogP contribution < -0.4 is 19.9 Å². The van der Waals surface area contributed by atoms with E-state index in [1.807, 2.05) is 37.3 Å². The molecule has 0 radical (unpaired) electrons. The van der Waals surface area contributed by atoms with Crippen molar-refractivity contribution in [3.05, 3.63) is 47.5 Å². The Balaban J connectivity index is 2.33. The number of hydrogen-bond donors (Lipinski definition) is 1. The number of methoxy groups -OCH3 is 2. The standard InChI is InChI=1S/C16H19NO3/c1-11-4-5-12(10-17)6-16(11)20-15-8-13(18-2)7-14(9-15)19-3/h4-9H,10,17H2,1-3H3. The Morgan fingerprint density at radius 2 is 1.50 bits per heavy atom. The molecule has 2 aromatic carbocycles. The summed E-state index contributed by atoms with van der Waals surface area (Å²) in [6.07, 6.45) is 0. The van der Waals surface area contributed by atoms with Crippen LogP contribution in [0.1, 0.15) is 11.1 Å². The van der Waals surface area contributed by atoms with Crippen molar-refractivity contribution in [1.82, 2.24) is 0 Å². The van der Waals surface area contributed by atoms with Crippen LogP contribution in [0, 0.1) is 6.92 Å². The first kappa shape index (κ1) is 14.2. The first-order valence-corrected chi connectivity index (χ1v) is 6.36. The van der Waals surface area contributed by atoms with Gasteiger partial charge in [0, 0.05) is 24.7 Å². The van der Waals surface area contributed by atoms with Crippen molar-refractivity contribution in [3.63, 3.8) is 0 Å². The first-order valence-electron chi connectivity index (χ1n) is 6.36. The highest BCUT2D eigenvalue weighted by Gasteiger charge is 2.07. The van der Waals surface area contributed by atoms with Gasteiger partial charge in [0.1, 0.15) is 23.0 Å². The fourth-order valence-electron chi connectivity index (χ4n) is 1.85. The van der Waals surface area contributed by atoms with Crippen LogP contribution in [0.4, 0.5) is 0 Å². The smallest absolute Gasteiger partial charge is 0.134 e. The number of nitrogens with two attached hydrogens (primary N) is 1. The summed E-state index contributed by atoms with van der Waals surface area (Å²) in [6.45, 7) is 2.48. The largest absolute Gasteiger partial charge is 0.496 e. The minimum Gasteiger partial charge on any atom is -0.496 e. The molecule has 0 heterocycles. The van der Waals surface area contributed by atoms with E-state index in [-0.39, 0.29) is 0 Å². The van der Waals surface area contributed by atoms with Gasteiger partial charge in [0.25, 0.3) is 0 Å². The summed E-state index contributed by atoms with van der Waals surface area (Å²) >= 11 is 0. The van der Waals surface area contributed by atoms with Crippen LogP contribution in [-0.4, -0.2) is 14.2 Å². The van der Waals surface area contributed by atoms with E-state index in [1.165, 1.54) is 0 Å². The number of benzene rings is 2. The van der Waals surface area contributed by atoms with Gasteiger partial charge in [0.05, 0.1) is 14.2 Å². The second kappa shape index (κ2) is 6.30. The van der Waals surface area contributed by atoms with Crippen LogP contribution >= 0.6 is 0 Å². The Hall–Kier alpha value is -2.20. The van der Waals surface area contributed by atoms with Crippen molar-refractivity contribution in [1.29, 1.82) is 0 Å². The predicted octanol–water partition coefficient (Wildman–Crippen LogP) is 3.26. The zero-order valence-electron chi connectivity index (χ0n) is 12.0. The molecule has 0 bridgehead atoms. The molecule has 0 saturated heterocycles. The van der Waals surface area contributed by atoms with Crippen LogP contribution in [0.3, 0.4) is 0 Å². The van der Waals surface area contributed by atoms with Gasteiger partial charge in [-0.3, -0.25) is 0 Å². The normalized spacial score (nSPS) is 10.2. The molecule has 4 heteroatoms. The summed E-state index contributed by atoms with van der Waals surface area (Å²) in [4.78, 5) is 0. The Labute approximate surface area is 119 Å². The lowest BCUT2D eigenvalue weighted by Crippen LogP contribution is -1.97. The summed E-state index contributed by atoms with van der Waals surface area (Å²) in [6, 6.07) is 11.4. The topological polar surface area (TPSA) is 53.7 Å². The van der Waals surface area contributed by atoms with Crippen LogP contribution in [0.15, 0.2) is 36.4 Å². The molecule has 0 saturated carbocycles. The second-order valence-corrected chi connectivity index (χ2v) is 4.45. The maximum Gasteiger partial charge on any atom is 0.134 e. The molecule has 0 aromatic heterocycles. The number of rotatable bonds is 5. The van der Waals surface area contributed by atoms with Crippen molar-refractivity contribution in [2.75, 3.05) is 14.2 Å². The molecule has 0 unspecified atom stereocenters. The fourth-order valence-corrected chi connectivity index (χ4v) is 1.85. The Bertz CT molecular complexity index is 574. The van der Waals surface area contributed by atoms with Gasteiger partial charge in [-0.05, 0) is 24.1 Å². The first-order chi connectivity index (χ1) is 9.66. The lowest BCUT2D eigenvalue weighted by Gasteiger charge is -2.12. The zero-order chi connectivity index (χ0) is 14.5. The molecule has 2 aromatic rings. The summed E-state index contributed by atoms with van der Waals surface area (Å²) in [5.74, 6) is 2.82. The van der Waals surface area contributed by atoms with Crippen molar-refractivity contribution in [2.45, 2.75) is 13.5 Å². The van der Waals surface area contributed by atoms with Crippen molar-refractivity contribution >= 4 is 0 Å². The van der Waals surface area contributed by atoms with E-state index in [1.54, 1.807) is 20.3 Å². The van der Waals surface area contributed by atoms with Crippen LogP contribution in [0.25, 0.3) is 0 Å². The lowest BCUT2D eigenvalue weighted by molar-refractivity contribution is 0.386. The highest BCUT2D eigenvalue weighted by atomic mass is 16.5. The lowest BCUT2D eigenvalue weighted by atomic mass is 10.1. The molecule has 0 atom stereocenters. The molecule has 106 valence electrons. The van der Waals surface area contributed by atoms with Gasteiger partial charge in [-0.25, -0.2) is 0 Å². The van der Waals surface area contributed by atoms with E-state index >= 15 is 0 Å². The quantitative estimate of drug-likeness (QED) is 0.908. The van der Waals surface area contributed by atoms with Crippen LogP contribution in [0.2, 0.25) is 0 Å². The average Bonchev–Trinajstić information content (AvgIpc) is 2.49. The highest BCUT2D eigenvalue weighted by molar-refractivity contribution is 5.46. The van der Waals surface area contributed by atoms with Gasteiger partial charge in [-0.1, -0.05) is 12.1 Å². The molecule has 0 amide bonds. The molecule has 0 aliphatic rings. The van der Waals surface area contributed by atoms with Gasteiger partial charge >= 0.3 is 0 Å². The van der Waals surface area contributed by atoms with E-state index in [4.69, 9.17) is 19.9 Å². The van der Waals surface area contributed by atoms with Crippen LogP contribution in [0.5, 0.6) is 23.0 Å². The highest BCUT2D eigenvalue weighted by Crippen LogP contribution is 2.32. The molecular formula is C16H19NO3. The third-order valence-electron chi connectivity index (χ3n) is 3.04. The van der Waals surface area contributed by atoms with Gasteiger partial charge in [0.2, 0.25) is 0 Å². The molecule has 0 aliphatic carbocycles. The molecule has 0 aliphatic heterocycles. The Morgan fingerprint density at radius 3 is 2.05 bits per heavy atom. The van der Waals surface area contributed by atoms with Gasteiger partial charge in [0.15, 0.2) is 0 Å². The monoisotopic (exact) mass is 273 g/mol. The van der Waals surface area contributed by atoms with E-state index in [0.29, 0.717) is 23.8 Å². The Kier molecular flexibility index (Phi) is 4.48. The minimum atomic E-state index is 0.484. The average molecular weight is 273 g/mol. The molecule has 2 N–H and O–H groups in total. The van der Waals surface area contributed by atoms with E-state index in [0.717, 1.165) is 16.9 Å². The maximum atomic E-state index is 5.92. The maximum absolute atomic E-state index is 5.92. The number of aryl methyl sites for hydroxylation is 1. The minimum absolute atomic E-state index is 0.484. The third-order valence-corrected chi connectivity index (χ3v) is 3.04. The van der Waals surface area contributed by atoms with E-state index in [2.05, 4.69) is 0 Å². The van der Waals surface area contributed by atoms with Crippen molar-refractivity contribution in [3.8, 4) is 23.0 Å². The summed E-state index contributed by atoms with van der Waals surface area (Å²) < 4.78 is 16.4. The van der Waals surface area contributed by atoms with Crippen molar-refractivity contribution < 1.29 is 14.2 Å². The van der Waals surface area contributed by atoms with Gasteiger partial charge < -0.3 is 19.9 Å². The van der Waals surface area contributed by atoms with Gasteiger partial charge in [-0.2, -0.15) is 0 Å². The Morgan fingerprint density at radius 1 is 0.900 bits per heavy atom. The van der Waals surface area contributed by atoms with Gasteiger partial charge in [-0.15, -0.1) is 0 Å². The number of hydrogen-bond acceptors (Lipinski definition) is 4. The van der Waals surface area contributed by atoms with E-state index < -0.39 is 0 Å². The zero-order valence-corrected chi connectivity index (χ0v) is 12.0. The fraction of sp³-hybridized carbons (Fsp3) is 0.250. The summed E-state index contributed by atoms with van der Waals surface area (Å²) in [5, 5.41) is 0. The summed E-state index contributed by atoms with van der Waals surface area (Å²) in [7, 11) is 3.22. The molecule has 0 spiro atoms. The predicted molar refractivity (Wildman–Crippen MR) is 78.7 cm³/mol. The molecule has 20 heavy (non-hydrogen) atoms. The molecule has 2 rings (SSSR count). The molecular weight excluding hydrogens is 254 g/mol. The van der Waals surface area contributed by atoms with E-state index in [9.17, 15) is 0 Å². The summed E-state index contributed by atoms with van der Waals surface area (Å²) in [5.41, 5.74) is 7.73. The number of ether oxygens (including phenoxy) is 3. The molecule has 0 fully saturated rings. The SMILES string of the molecule is COc1cc(OC)cc(Oc2cc(CN)ccc2C)c1. The van der Waals surface area contributed by atoms with Crippen LogP contribution in [-0.2, 0) is 6.54 Å². The van der Waals surface area contributed by atoms with Crippen molar-refractivity contribution in [2.24, 2.45) is 5.73 Å². The second-order valence-electron chi connectivity index (χ2n) is 4.45. The molecule has 4 nitrogen and oxygen atoms in total.